The predicted octanol–water partition coefficient (Wildman–Crippen LogP) is 4.65. The lowest BCUT2D eigenvalue weighted by Crippen LogP contribution is -2.29. The van der Waals surface area contributed by atoms with Crippen LogP contribution in [0, 0.1) is 0 Å². The summed E-state index contributed by atoms with van der Waals surface area (Å²) < 4.78 is 1.16. The van der Waals surface area contributed by atoms with Crippen LogP contribution in [0.15, 0.2) is 53.0 Å². The van der Waals surface area contributed by atoms with Gasteiger partial charge in [-0.1, -0.05) is 79.0 Å². The highest BCUT2D eigenvalue weighted by Crippen LogP contribution is 2.12. The number of hydrogen-bond acceptors (Lipinski definition) is 2. The largest absolute Gasteiger partial charge is 0.488 e. The topological polar surface area (TPSA) is 40.5 Å². The summed E-state index contributed by atoms with van der Waals surface area (Å²) in [6.45, 7) is 4.38. The van der Waals surface area contributed by atoms with Crippen molar-refractivity contribution < 1.29 is 14.8 Å². The molecule has 0 aliphatic heterocycles. The van der Waals surface area contributed by atoms with Crippen LogP contribution in [0.5, 0.6) is 0 Å². The lowest BCUT2D eigenvalue weighted by Gasteiger charge is -2.02. The Morgan fingerprint density at radius 1 is 0.760 bits per heavy atom. The summed E-state index contributed by atoms with van der Waals surface area (Å²) in [5.41, 5.74) is 3.25. The molecule has 0 saturated carbocycles. The van der Waals surface area contributed by atoms with Crippen molar-refractivity contribution in [2.45, 2.75) is 52.4 Å². The Labute approximate surface area is 159 Å². The van der Waals surface area contributed by atoms with Crippen LogP contribution in [-0.4, -0.2) is 17.2 Å². The zero-order chi connectivity index (χ0) is 17.8. The third-order valence-electron chi connectivity index (χ3n) is 3.83. The Hall–Kier alpha value is -1.17. The number of rotatable bonds is 7. The molecule has 2 nitrogen and oxygen atoms in total. The Kier molecular flexibility index (Phi) is 13.4. The van der Waals surface area contributed by atoms with E-state index in [0.717, 1.165) is 10.9 Å². The number of unbranched alkanes of at least 4 members (excludes halogenated alkanes) is 2. The molecule has 0 aliphatic rings. The SMILES string of the molecule is CCCCc1ccc(B(O)O)cc1.CCCCc1ccc(Br)cc1.F. The molecule has 0 saturated heterocycles. The van der Waals surface area contributed by atoms with Crippen molar-refractivity contribution in [2.75, 3.05) is 0 Å². The van der Waals surface area contributed by atoms with E-state index in [2.05, 4.69) is 54.0 Å². The fraction of sp³-hybridized carbons (Fsp3) is 0.400. The van der Waals surface area contributed by atoms with Crippen LogP contribution >= 0.6 is 15.9 Å². The summed E-state index contributed by atoms with van der Waals surface area (Å²) in [5.74, 6) is 0. The summed E-state index contributed by atoms with van der Waals surface area (Å²) in [7, 11) is -1.35. The van der Waals surface area contributed by atoms with Crippen molar-refractivity contribution in [3.63, 3.8) is 0 Å². The van der Waals surface area contributed by atoms with Gasteiger partial charge in [0.25, 0.3) is 0 Å². The van der Waals surface area contributed by atoms with Gasteiger partial charge in [-0.2, -0.15) is 0 Å². The van der Waals surface area contributed by atoms with Gasteiger partial charge in [-0.3, -0.25) is 4.70 Å². The van der Waals surface area contributed by atoms with Crippen LogP contribution in [0.25, 0.3) is 0 Å². The Morgan fingerprint density at radius 3 is 1.52 bits per heavy atom. The van der Waals surface area contributed by atoms with Gasteiger partial charge in [0.15, 0.2) is 0 Å². The smallest absolute Gasteiger partial charge is 0.423 e. The summed E-state index contributed by atoms with van der Waals surface area (Å²) in [4.78, 5) is 0. The standard InChI is InChI=1S/C10H15BO2.C10H13Br.FH/c1-2-3-4-9-5-7-10(8-6-9)11(12)13;1-2-3-4-9-5-7-10(11)8-6-9;/h5-8,12-13H,2-4H2,1H3;5-8H,2-4H2,1H3;1H. The molecule has 0 amide bonds. The highest BCUT2D eigenvalue weighted by Gasteiger charge is 2.09. The van der Waals surface area contributed by atoms with Crippen molar-refractivity contribution in [1.29, 1.82) is 0 Å². The van der Waals surface area contributed by atoms with Gasteiger partial charge < -0.3 is 10.0 Å². The van der Waals surface area contributed by atoms with E-state index in [1.807, 2.05) is 12.1 Å². The van der Waals surface area contributed by atoms with Gasteiger partial charge in [0, 0.05) is 4.47 Å². The molecule has 0 unspecified atom stereocenters. The molecular weight excluding hydrogens is 382 g/mol. The van der Waals surface area contributed by atoms with E-state index in [-0.39, 0.29) is 4.70 Å². The first kappa shape index (κ1) is 23.8. The van der Waals surface area contributed by atoms with Gasteiger partial charge in [0.1, 0.15) is 0 Å². The first-order chi connectivity index (χ1) is 11.6. The number of hydrogen-bond donors (Lipinski definition) is 2. The number of aryl methyl sites for hydroxylation is 2. The van der Waals surface area contributed by atoms with Crippen molar-refractivity contribution in [1.82, 2.24) is 0 Å². The summed E-state index contributed by atoms with van der Waals surface area (Å²) >= 11 is 3.41. The summed E-state index contributed by atoms with van der Waals surface area (Å²) in [6.07, 6.45) is 7.21. The number of benzene rings is 2. The molecule has 0 spiro atoms. The molecule has 0 aliphatic carbocycles. The molecule has 0 fully saturated rings. The molecular formula is C20H29BBrFO2. The van der Waals surface area contributed by atoms with Crippen LogP contribution in [-0.2, 0) is 12.8 Å². The first-order valence-corrected chi connectivity index (χ1v) is 9.55. The quantitative estimate of drug-likeness (QED) is 0.652. The first-order valence-electron chi connectivity index (χ1n) is 8.76. The Balaban J connectivity index is 0.000000449. The zero-order valence-electron chi connectivity index (χ0n) is 15.1. The van der Waals surface area contributed by atoms with E-state index in [9.17, 15) is 0 Å². The third-order valence-corrected chi connectivity index (χ3v) is 4.36. The van der Waals surface area contributed by atoms with E-state index < -0.39 is 7.12 Å². The van der Waals surface area contributed by atoms with E-state index in [1.54, 1.807) is 12.1 Å². The molecule has 2 rings (SSSR count). The maximum Gasteiger partial charge on any atom is 0.488 e. The minimum atomic E-state index is -1.35. The van der Waals surface area contributed by atoms with Crippen LogP contribution in [0.3, 0.4) is 0 Å². The van der Waals surface area contributed by atoms with Crippen molar-refractivity contribution in [3.8, 4) is 0 Å². The molecule has 25 heavy (non-hydrogen) atoms. The maximum atomic E-state index is 8.85. The van der Waals surface area contributed by atoms with Crippen LogP contribution in [0.2, 0.25) is 0 Å². The van der Waals surface area contributed by atoms with E-state index >= 15 is 0 Å². The molecule has 2 N–H and O–H groups in total. The molecule has 2 aromatic carbocycles. The van der Waals surface area contributed by atoms with Gasteiger partial charge in [-0.05, 0) is 54.4 Å². The van der Waals surface area contributed by atoms with Crippen LogP contribution < -0.4 is 5.46 Å². The highest BCUT2D eigenvalue weighted by molar-refractivity contribution is 9.10. The lowest BCUT2D eigenvalue weighted by molar-refractivity contribution is 0.426. The number of halogens is 2. The van der Waals surface area contributed by atoms with Gasteiger partial charge in [-0.25, -0.2) is 0 Å². The molecule has 2 aromatic rings. The van der Waals surface area contributed by atoms with Gasteiger partial charge >= 0.3 is 7.12 Å². The predicted molar refractivity (Wildman–Crippen MR) is 110 cm³/mol. The molecule has 0 heterocycles. The summed E-state index contributed by atoms with van der Waals surface area (Å²) in [5, 5.41) is 17.7. The Morgan fingerprint density at radius 2 is 1.16 bits per heavy atom. The lowest BCUT2D eigenvalue weighted by atomic mass is 9.80. The molecule has 0 radical (unpaired) electrons. The second kappa shape index (κ2) is 14.1. The van der Waals surface area contributed by atoms with Crippen molar-refractivity contribution >= 4 is 28.5 Å². The van der Waals surface area contributed by atoms with E-state index in [0.29, 0.717) is 5.46 Å². The Bertz CT molecular complexity index is 559. The fourth-order valence-electron chi connectivity index (χ4n) is 2.27. The van der Waals surface area contributed by atoms with E-state index in [4.69, 9.17) is 10.0 Å². The fourth-order valence-corrected chi connectivity index (χ4v) is 2.53. The minimum absolute atomic E-state index is 0. The highest BCUT2D eigenvalue weighted by atomic mass is 79.9. The van der Waals surface area contributed by atoms with Crippen molar-refractivity contribution in [2.24, 2.45) is 0 Å². The molecule has 0 atom stereocenters. The van der Waals surface area contributed by atoms with Crippen LogP contribution in [0.1, 0.15) is 50.7 Å². The molecule has 0 aromatic heterocycles. The van der Waals surface area contributed by atoms with Gasteiger partial charge in [0.05, 0.1) is 0 Å². The van der Waals surface area contributed by atoms with Crippen molar-refractivity contribution in [3.05, 3.63) is 64.1 Å². The third kappa shape index (κ3) is 10.4. The average Bonchev–Trinajstić information content (AvgIpc) is 2.60. The maximum absolute atomic E-state index is 8.85. The average molecular weight is 411 g/mol. The minimum Gasteiger partial charge on any atom is -0.423 e. The monoisotopic (exact) mass is 410 g/mol. The normalized spacial score (nSPS) is 9.64. The van der Waals surface area contributed by atoms with Gasteiger partial charge in [-0.15, -0.1) is 0 Å². The molecule has 0 bridgehead atoms. The molecule has 5 heteroatoms. The molecule has 138 valence electrons. The zero-order valence-corrected chi connectivity index (χ0v) is 16.7. The van der Waals surface area contributed by atoms with Crippen LogP contribution in [0.4, 0.5) is 4.70 Å². The summed E-state index contributed by atoms with van der Waals surface area (Å²) in [6, 6.07) is 16.0. The second-order valence-corrected chi connectivity index (χ2v) is 6.86. The van der Waals surface area contributed by atoms with E-state index in [1.165, 1.54) is 43.2 Å². The second-order valence-electron chi connectivity index (χ2n) is 5.95. The van der Waals surface area contributed by atoms with Gasteiger partial charge in [0.2, 0.25) is 0 Å².